The lowest BCUT2D eigenvalue weighted by molar-refractivity contribution is -0.137. The van der Waals surface area contributed by atoms with Gasteiger partial charge in [0.05, 0.1) is 10.6 Å². The zero-order valence-corrected chi connectivity index (χ0v) is 20.8. The molecule has 182 valence electrons. The van der Waals surface area contributed by atoms with Crippen molar-refractivity contribution in [1.82, 2.24) is 9.80 Å². The molecule has 0 atom stereocenters. The van der Waals surface area contributed by atoms with Gasteiger partial charge in [0, 0.05) is 44.7 Å². The van der Waals surface area contributed by atoms with Gasteiger partial charge in [0.15, 0.2) is 0 Å². The highest BCUT2D eigenvalue weighted by Crippen LogP contribution is 2.26. The van der Waals surface area contributed by atoms with Gasteiger partial charge in [-0.3, -0.25) is 13.9 Å². The summed E-state index contributed by atoms with van der Waals surface area (Å²) in [5.41, 5.74) is 1.95. The Bertz CT molecular complexity index is 1130. The van der Waals surface area contributed by atoms with Gasteiger partial charge in [-0.05, 0) is 69.4 Å². The molecule has 0 spiro atoms. The molecule has 34 heavy (non-hydrogen) atoms. The molecular formula is C26H33N3O4S. The highest BCUT2D eigenvalue weighted by Gasteiger charge is 2.31. The summed E-state index contributed by atoms with van der Waals surface area (Å²) in [6, 6.07) is 13.5. The molecule has 0 bridgehead atoms. The molecule has 0 unspecified atom stereocenters. The van der Waals surface area contributed by atoms with Crippen LogP contribution >= 0.6 is 0 Å². The number of carbonyl (C=O) groups excluding carboxylic acids is 2. The Kier molecular flexibility index (Phi) is 7.26. The Morgan fingerprint density at radius 2 is 1.53 bits per heavy atom. The highest BCUT2D eigenvalue weighted by molar-refractivity contribution is 7.92. The zero-order valence-electron chi connectivity index (χ0n) is 19.9. The molecule has 7 nitrogen and oxygen atoms in total. The van der Waals surface area contributed by atoms with E-state index in [2.05, 4.69) is 0 Å². The van der Waals surface area contributed by atoms with Gasteiger partial charge in [-0.2, -0.15) is 0 Å². The van der Waals surface area contributed by atoms with E-state index in [0.29, 0.717) is 37.2 Å². The first-order chi connectivity index (χ1) is 16.3. The van der Waals surface area contributed by atoms with Crippen LogP contribution in [0.5, 0.6) is 0 Å². The first kappa shape index (κ1) is 24.3. The molecule has 2 fully saturated rings. The molecule has 2 saturated heterocycles. The zero-order chi connectivity index (χ0) is 24.3. The van der Waals surface area contributed by atoms with E-state index < -0.39 is 10.0 Å². The summed E-state index contributed by atoms with van der Waals surface area (Å²) in [5.74, 6) is -0.00466. The number of piperidine rings is 2. The molecule has 0 saturated carbocycles. The number of hydrogen-bond donors (Lipinski definition) is 0. The Labute approximate surface area is 202 Å². The summed E-state index contributed by atoms with van der Waals surface area (Å²) >= 11 is 0. The van der Waals surface area contributed by atoms with Gasteiger partial charge in [0.2, 0.25) is 5.91 Å². The maximum atomic E-state index is 13.2. The molecule has 2 heterocycles. The predicted octanol–water partition coefficient (Wildman–Crippen LogP) is 3.68. The van der Waals surface area contributed by atoms with Crippen LogP contribution in [0.15, 0.2) is 53.4 Å². The third-order valence-corrected chi connectivity index (χ3v) is 8.72. The summed E-state index contributed by atoms with van der Waals surface area (Å²) in [5, 5.41) is 0. The van der Waals surface area contributed by atoms with Crippen LogP contribution in [0.1, 0.15) is 48.0 Å². The normalized spacial score (nSPS) is 17.5. The van der Waals surface area contributed by atoms with E-state index >= 15 is 0 Å². The number of rotatable bonds is 5. The van der Waals surface area contributed by atoms with Crippen molar-refractivity contribution >= 4 is 27.5 Å². The average molecular weight is 484 g/mol. The van der Waals surface area contributed by atoms with Crippen molar-refractivity contribution in [3.8, 4) is 0 Å². The molecule has 2 amide bonds. The maximum absolute atomic E-state index is 13.2. The lowest BCUT2D eigenvalue weighted by Gasteiger charge is -2.35. The molecule has 2 aromatic carbocycles. The van der Waals surface area contributed by atoms with Gasteiger partial charge in [-0.15, -0.1) is 0 Å². The van der Waals surface area contributed by atoms with Crippen molar-refractivity contribution in [3.05, 3.63) is 59.7 Å². The number of likely N-dealkylation sites (tertiary alicyclic amines) is 2. The van der Waals surface area contributed by atoms with E-state index in [4.69, 9.17) is 0 Å². The van der Waals surface area contributed by atoms with Gasteiger partial charge in [0.1, 0.15) is 0 Å². The van der Waals surface area contributed by atoms with Gasteiger partial charge >= 0.3 is 0 Å². The van der Waals surface area contributed by atoms with Gasteiger partial charge in [-0.25, -0.2) is 8.42 Å². The second-order valence-corrected chi connectivity index (χ2v) is 11.3. The van der Waals surface area contributed by atoms with Crippen LogP contribution < -0.4 is 4.31 Å². The topological polar surface area (TPSA) is 78.0 Å². The molecule has 4 rings (SSSR count). The summed E-state index contributed by atoms with van der Waals surface area (Å²) in [4.78, 5) is 29.8. The fourth-order valence-electron chi connectivity index (χ4n) is 4.73. The van der Waals surface area contributed by atoms with Crippen LogP contribution in [0.2, 0.25) is 0 Å². The molecule has 2 aromatic rings. The standard InChI is InChI=1S/C26H33N3O4S/c1-20-9-11-23(12-10-20)27(2)34(32,33)24-8-6-7-22(19-24)26(31)29-17-13-21(14-18-29)25(30)28-15-4-3-5-16-28/h6-12,19,21H,3-5,13-18H2,1-2H3. The molecule has 0 aromatic heterocycles. The van der Waals surface area contributed by atoms with Crippen LogP contribution in [0.25, 0.3) is 0 Å². The third kappa shape index (κ3) is 5.12. The van der Waals surface area contributed by atoms with Crippen molar-refractivity contribution in [3.63, 3.8) is 0 Å². The number of nitrogens with zero attached hydrogens (tertiary/aromatic N) is 3. The van der Waals surface area contributed by atoms with Crippen LogP contribution in [-0.4, -0.2) is 63.3 Å². The van der Waals surface area contributed by atoms with Crippen LogP contribution in [0.3, 0.4) is 0 Å². The van der Waals surface area contributed by atoms with Crippen molar-refractivity contribution < 1.29 is 18.0 Å². The first-order valence-electron chi connectivity index (χ1n) is 12.0. The lowest BCUT2D eigenvalue weighted by atomic mass is 9.94. The number of benzene rings is 2. The quantitative estimate of drug-likeness (QED) is 0.650. The summed E-state index contributed by atoms with van der Waals surface area (Å²) in [7, 11) is -2.30. The van der Waals surface area contributed by atoms with Crippen LogP contribution in [0.4, 0.5) is 5.69 Å². The van der Waals surface area contributed by atoms with E-state index in [1.165, 1.54) is 29.9 Å². The number of aryl methyl sites for hydroxylation is 1. The Hall–Kier alpha value is -2.87. The van der Waals surface area contributed by atoms with E-state index in [1.807, 2.05) is 24.0 Å². The third-order valence-electron chi connectivity index (χ3n) is 6.94. The van der Waals surface area contributed by atoms with Crippen molar-refractivity contribution in [2.24, 2.45) is 5.92 Å². The molecule has 2 aliphatic rings. The Morgan fingerprint density at radius 1 is 0.882 bits per heavy atom. The number of sulfonamides is 1. The number of anilines is 1. The van der Waals surface area contributed by atoms with Crippen LogP contribution in [0, 0.1) is 12.8 Å². The molecule has 8 heteroatoms. The van der Waals surface area contributed by atoms with E-state index in [-0.39, 0.29) is 22.6 Å². The first-order valence-corrected chi connectivity index (χ1v) is 13.4. The van der Waals surface area contributed by atoms with Crippen LogP contribution in [-0.2, 0) is 14.8 Å². The van der Waals surface area contributed by atoms with Crippen molar-refractivity contribution in [2.75, 3.05) is 37.5 Å². The predicted molar refractivity (Wildman–Crippen MR) is 132 cm³/mol. The van der Waals surface area contributed by atoms with Gasteiger partial charge in [-0.1, -0.05) is 23.8 Å². The van der Waals surface area contributed by atoms with E-state index in [0.717, 1.165) is 31.5 Å². The monoisotopic (exact) mass is 483 g/mol. The minimum absolute atomic E-state index is 0.0305. The van der Waals surface area contributed by atoms with Gasteiger partial charge in [0.25, 0.3) is 15.9 Å². The fourth-order valence-corrected chi connectivity index (χ4v) is 5.97. The van der Waals surface area contributed by atoms with E-state index in [9.17, 15) is 18.0 Å². The second kappa shape index (κ2) is 10.2. The summed E-state index contributed by atoms with van der Waals surface area (Å²) in [6.07, 6.45) is 4.62. The SMILES string of the molecule is Cc1ccc(N(C)S(=O)(=O)c2cccc(C(=O)N3CCC(C(=O)N4CCCCC4)CC3)c2)cc1. The number of carbonyl (C=O) groups is 2. The fraction of sp³-hybridized carbons (Fsp3) is 0.462. The molecule has 0 radical (unpaired) electrons. The van der Waals surface area contributed by atoms with Gasteiger partial charge < -0.3 is 9.80 Å². The molecule has 0 N–H and O–H groups in total. The average Bonchev–Trinajstić information content (AvgIpc) is 2.88. The maximum Gasteiger partial charge on any atom is 0.264 e. The number of amides is 2. The number of hydrogen-bond acceptors (Lipinski definition) is 4. The minimum Gasteiger partial charge on any atom is -0.342 e. The van der Waals surface area contributed by atoms with Crippen molar-refractivity contribution in [1.29, 1.82) is 0 Å². The smallest absolute Gasteiger partial charge is 0.264 e. The largest absolute Gasteiger partial charge is 0.342 e. The summed E-state index contributed by atoms with van der Waals surface area (Å²) in [6.45, 7) is 4.64. The molecular weight excluding hydrogens is 450 g/mol. The van der Waals surface area contributed by atoms with Crippen molar-refractivity contribution in [2.45, 2.75) is 43.9 Å². The molecule has 2 aliphatic heterocycles. The molecule has 0 aliphatic carbocycles. The highest BCUT2D eigenvalue weighted by atomic mass is 32.2. The minimum atomic E-state index is -3.81. The summed E-state index contributed by atoms with van der Waals surface area (Å²) < 4.78 is 27.6. The Morgan fingerprint density at radius 3 is 2.18 bits per heavy atom. The second-order valence-electron chi connectivity index (χ2n) is 9.29. The lowest BCUT2D eigenvalue weighted by Crippen LogP contribution is -2.45. The van der Waals surface area contributed by atoms with E-state index in [1.54, 1.807) is 29.2 Å². The Balaban J connectivity index is 1.43.